The Morgan fingerprint density at radius 2 is 2.15 bits per heavy atom. The molecule has 2 N–H and O–H groups in total. The van der Waals surface area contributed by atoms with Crippen LogP contribution in [0.15, 0.2) is 17.6 Å². The van der Waals surface area contributed by atoms with E-state index in [0.29, 0.717) is 0 Å². The Hall–Kier alpha value is -1.47. The van der Waals surface area contributed by atoms with Crippen LogP contribution in [0, 0.1) is 0 Å². The molecule has 0 saturated heterocycles. The highest BCUT2D eigenvalue weighted by Gasteiger charge is 2.20. The Balaban J connectivity index is 1.96. The van der Waals surface area contributed by atoms with Gasteiger partial charge in [0.25, 0.3) is 0 Å². The lowest BCUT2D eigenvalue weighted by Crippen LogP contribution is -2.30. The molecule has 5 nitrogen and oxygen atoms in total. The lowest BCUT2D eigenvalue weighted by Gasteiger charge is -2.15. The Bertz CT molecular complexity index is 571. The summed E-state index contributed by atoms with van der Waals surface area (Å²) in [6.45, 7) is 8.30. The fraction of sp³-hybridized carbons (Fsp3) is 0.462. The number of nitrogens with zero attached hydrogens (tertiary/aromatic N) is 2. The molecule has 0 aliphatic carbocycles. The van der Waals surface area contributed by atoms with Crippen molar-refractivity contribution in [3.05, 3.63) is 28.3 Å². The van der Waals surface area contributed by atoms with Crippen LogP contribution in [0.5, 0.6) is 0 Å². The van der Waals surface area contributed by atoms with Crippen molar-refractivity contribution >= 4 is 33.9 Å². The van der Waals surface area contributed by atoms with E-state index in [1.807, 2.05) is 6.92 Å². The zero-order valence-corrected chi connectivity index (χ0v) is 13.6. The van der Waals surface area contributed by atoms with Gasteiger partial charge in [-0.25, -0.2) is 9.78 Å². The average molecular weight is 310 g/mol. The van der Waals surface area contributed by atoms with E-state index < -0.39 is 0 Å². The number of urea groups is 1. The first-order valence-corrected chi connectivity index (χ1v) is 7.95. The molecule has 0 fully saturated rings. The van der Waals surface area contributed by atoms with Gasteiger partial charge >= 0.3 is 6.03 Å². The van der Waals surface area contributed by atoms with Crippen molar-refractivity contribution in [2.24, 2.45) is 0 Å². The van der Waals surface area contributed by atoms with Crippen LogP contribution < -0.4 is 10.6 Å². The van der Waals surface area contributed by atoms with E-state index in [9.17, 15) is 4.79 Å². The maximum absolute atomic E-state index is 11.8. The molecule has 1 atom stereocenters. The van der Waals surface area contributed by atoms with Crippen LogP contribution >= 0.6 is 22.9 Å². The van der Waals surface area contributed by atoms with E-state index in [0.717, 1.165) is 15.7 Å². The predicted octanol–water partition coefficient (Wildman–Crippen LogP) is 3.78. The number of carbonyl (C=O) groups excluding carboxylic acids is 1. The third-order valence-electron chi connectivity index (χ3n) is 2.68. The zero-order chi connectivity index (χ0) is 14.8. The van der Waals surface area contributed by atoms with Gasteiger partial charge in [0.05, 0.1) is 11.7 Å². The van der Waals surface area contributed by atoms with Crippen molar-refractivity contribution in [2.45, 2.75) is 39.2 Å². The summed E-state index contributed by atoms with van der Waals surface area (Å²) in [5, 5.41) is 9.31. The smallest absolute Gasteiger partial charge is 0.320 e. The van der Waals surface area contributed by atoms with E-state index in [4.69, 9.17) is 0 Å². The van der Waals surface area contributed by atoms with E-state index in [-0.39, 0.29) is 17.5 Å². The second kappa shape index (κ2) is 5.88. The number of thiazole rings is 1. The lowest BCUT2D eigenvalue weighted by molar-refractivity contribution is 0.249. The molecule has 2 aromatic heterocycles. The van der Waals surface area contributed by atoms with Gasteiger partial charge in [-0.3, -0.25) is 5.32 Å². The van der Waals surface area contributed by atoms with Crippen LogP contribution in [0.3, 0.4) is 0 Å². The quantitative estimate of drug-likeness (QED) is 0.906. The summed E-state index contributed by atoms with van der Waals surface area (Å²) < 4.78 is 3.93. The van der Waals surface area contributed by atoms with Gasteiger partial charge in [0.2, 0.25) is 0 Å². The first kappa shape index (κ1) is 14.9. The molecular weight excluding hydrogens is 292 g/mol. The van der Waals surface area contributed by atoms with Crippen molar-refractivity contribution in [1.82, 2.24) is 14.7 Å². The van der Waals surface area contributed by atoms with E-state index >= 15 is 0 Å². The molecule has 2 rings (SSSR count). The fourth-order valence-corrected chi connectivity index (χ4v) is 3.07. The number of aromatic nitrogens is 2. The van der Waals surface area contributed by atoms with Crippen LogP contribution in [0.2, 0.25) is 0 Å². The number of rotatable bonds is 3. The molecule has 2 heterocycles. The Kier molecular flexibility index (Phi) is 4.39. The molecule has 20 heavy (non-hydrogen) atoms. The average Bonchev–Trinajstić information content (AvgIpc) is 2.97. The van der Waals surface area contributed by atoms with Crippen LogP contribution in [0.1, 0.15) is 44.4 Å². The molecule has 2 amide bonds. The van der Waals surface area contributed by atoms with Gasteiger partial charge in [0.15, 0.2) is 0 Å². The molecule has 0 radical (unpaired) electrons. The standard InChI is InChI=1S/C13H18N4OS2/c1-8(11-16-9(7-19-11)13(2,3)4)15-12(18)17-10-5-6-14-20-10/h5-8H,1-4H3,(H2,15,17,18). The molecule has 0 aliphatic rings. The van der Waals surface area contributed by atoms with Crippen molar-refractivity contribution < 1.29 is 4.79 Å². The summed E-state index contributed by atoms with van der Waals surface area (Å²) in [6.07, 6.45) is 1.65. The topological polar surface area (TPSA) is 66.9 Å². The van der Waals surface area contributed by atoms with E-state index in [1.165, 1.54) is 11.5 Å². The number of hydrogen-bond acceptors (Lipinski definition) is 5. The summed E-state index contributed by atoms with van der Waals surface area (Å²) >= 11 is 2.82. The molecule has 0 spiro atoms. The molecule has 0 bridgehead atoms. The van der Waals surface area contributed by atoms with Crippen LogP contribution in [0.4, 0.5) is 9.80 Å². The third-order valence-corrected chi connectivity index (χ3v) is 4.37. The molecule has 0 aromatic carbocycles. The largest absolute Gasteiger partial charge is 0.329 e. The van der Waals surface area contributed by atoms with Gasteiger partial charge in [-0.1, -0.05) is 20.8 Å². The molecule has 7 heteroatoms. The van der Waals surface area contributed by atoms with Gasteiger partial charge < -0.3 is 5.32 Å². The van der Waals surface area contributed by atoms with Gasteiger partial charge in [0.1, 0.15) is 10.0 Å². The highest BCUT2D eigenvalue weighted by molar-refractivity contribution is 7.10. The highest BCUT2D eigenvalue weighted by Crippen LogP contribution is 2.26. The third kappa shape index (κ3) is 3.77. The monoisotopic (exact) mass is 310 g/mol. The highest BCUT2D eigenvalue weighted by atomic mass is 32.1. The minimum absolute atomic E-state index is 0.0271. The first-order chi connectivity index (χ1) is 9.36. The van der Waals surface area contributed by atoms with Crippen molar-refractivity contribution in [3.8, 4) is 0 Å². The number of carbonyl (C=O) groups is 1. The van der Waals surface area contributed by atoms with E-state index in [1.54, 1.807) is 23.6 Å². The van der Waals surface area contributed by atoms with Gasteiger partial charge in [-0.2, -0.15) is 4.37 Å². The molecule has 108 valence electrons. The maximum atomic E-state index is 11.8. The molecule has 0 saturated carbocycles. The van der Waals surface area contributed by atoms with Crippen LogP contribution in [0.25, 0.3) is 0 Å². The fourth-order valence-electron chi connectivity index (χ4n) is 1.52. The molecular formula is C13H18N4OS2. The van der Waals surface area contributed by atoms with Crippen LogP contribution in [-0.2, 0) is 5.41 Å². The SMILES string of the molecule is CC(NC(=O)Nc1ccns1)c1nc(C(C)(C)C)cs1. The second-order valence-corrected chi connectivity index (χ2v) is 7.24. The summed E-state index contributed by atoms with van der Waals surface area (Å²) in [7, 11) is 0. The maximum Gasteiger partial charge on any atom is 0.320 e. The summed E-state index contributed by atoms with van der Waals surface area (Å²) in [5.41, 5.74) is 1.08. The first-order valence-electron chi connectivity index (χ1n) is 6.30. The van der Waals surface area contributed by atoms with Gasteiger partial charge in [0, 0.05) is 17.0 Å². The summed E-state index contributed by atoms with van der Waals surface area (Å²) in [6, 6.07) is 1.40. The van der Waals surface area contributed by atoms with Crippen molar-refractivity contribution in [1.29, 1.82) is 0 Å². The predicted molar refractivity (Wildman–Crippen MR) is 83.5 cm³/mol. The lowest BCUT2D eigenvalue weighted by atomic mass is 9.93. The van der Waals surface area contributed by atoms with Gasteiger partial charge in [-0.15, -0.1) is 11.3 Å². The Morgan fingerprint density at radius 3 is 2.70 bits per heavy atom. The van der Waals surface area contributed by atoms with Crippen molar-refractivity contribution in [2.75, 3.05) is 5.32 Å². The number of anilines is 1. The van der Waals surface area contributed by atoms with E-state index in [2.05, 4.69) is 46.1 Å². The van der Waals surface area contributed by atoms with Crippen LogP contribution in [-0.4, -0.2) is 15.4 Å². The second-order valence-electron chi connectivity index (χ2n) is 5.52. The number of amides is 2. The minimum Gasteiger partial charge on any atom is -0.329 e. The zero-order valence-electron chi connectivity index (χ0n) is 11.9. The number of hydrogen-bond donors (Lipinski definition) is 2. The minimum atomic E-state index is -0.241. The Labute approximate surface area is 126 Å². The number of nitrogens with one attached hydrogen (secondary N) is 2. The summed E-state index contributed by atoms with van der Waals surface area (Å²) in [4.78, 5) is 16.4. The van der Waals surface area contributed by atoms with Crippen molar-refractivity contribution in [3.63, 3.8) is 0 Å². The Morgan fingerprint density at radius 1 is 1.40 bits per heavy atom. The molecule has 2 aromatic rings. The molecule has 0 aliphatic heterocycles. The molecule has 1 unspecified atom stereocenters. The normalized spacial score (nSPS) is 13.0. The summed E-state index contributed by atoms with van der Waals surface area (Å²) in [5.74, 6) is 0. The van der Waals surface area contributed by atoms with Gasteiger partial charge in [-0.05, 0) is 24.5 Å².